The molecule has 0 aromatic rings. The van der Waals surface area contributed by atoms with E-state index in [4.69, 9.17) is 0 Å². The highest BCUT2D eigenvalue weighted by molar-refractivity contribution is 5.85. The van der Waals surface area contributed by atoms with Gasteiger partial charge in [-0.05, 0) is 49.0 Å². The van der Waals surface area contributed by atoms with Crippen LogP contribution in [-0.4, -0.2) is 5.78 Å². The van der Waals surface area contributed by atoms with Gasteiger partial charge in [-0.25, -0.2) is 0 Å². The summed E-state index contributed by atoms with van der Waals surface area (Å²) in [5, 5.41) is 0. The van der Waals surface area contributed by atoms with Crippen LogP contribution in [0, 0.1) is 17.3 Å². The van der Waals surface area contributed by atoms with E-state index in [1.54, 1.807) is 0 Å². The Morgan fingerprint density at radius 3 is 2.17 bits per heavy atom. The van der Waals surface area contributed by atoms with E-state index in [1.165, 1.54) is 5.57 Å². The lowest BCUT2D eigenvalue weighted by molar-refractivity contribution is -0.124. The average molecular weight is 319 g/mol. The van der Waals surface area contributed by atoms with Gasteiger partial charge in [0.05, 0.1) is 0 Å². The molecule has 0 aliphatic heterocycles. The standard InChI is InChI=1S/C17H26O.C5H12/c1-5-8-9-14(7-3)16-11-10-15(12-17(16)18)13(4)6-2;1-5(2,3)4/h15-16H,3-6,8-12H2,1-2H3;1-4H3. The molecule has 1 aliphatic carbocycles. The lowest BCUT2D eigenvalue weighted by atomic mass is 9.74. The minimum absolute atomic E-state index is 0.0926. The summed E-state index contributed by atoms with van der Waals surface area (Å²) in [7, 11) is 0. The van der Waals surface area contributed by atoms with E-state index in [9.17, 15) is 4.79 Å². The highest BCUT2D eigenvalue weighted by Crippen LogP contribution is 2.35. The lowest BCUT2D eigenvalue weighted by Gasteiger charge is -2.29. The van der Waals surface area contributed by atoms with E-state index in [0.717, 1.165) is 44.1 Å². The van der Waals surface area contributed by atoms with Gasteiger partial charge in [-0.15, -0.1) is 5.73 Å². The summed E-state index contributed by atoms with van der Waals surface area (Å²) in [6, 6.07) is 0. The number of allylic oxidation sites excluding steroid dienone is 2. The van der Waals surface area contributed by atoms with E-state index in [0.29, 0.717) is 23.5 Å². The molecule has 0 aromatic heterocycles. The lowest BCUT2D eigenvalue weighted by Crippen LogP contribution is -2.27. The van der Waals surface area contributed by atoms with Crippen LogP contribution in [0.15, 0.2) is 30.0 Å². The minimum Gasteiger partial charge on any atom is -0.299 e. The van der Waals surface area contributed by atoms with Crippen molar-refractivity contribution in [1.29, 1.82) is 0 Å². The Balaban J connectivity index is 0.000000841. The zero-order valence-electron chi connectivity index (χ0n) is 16.4. The first-order chi connectivity index (χ1) is 10.6. The van der Waals surface area contributed by atoms with Crippen molar-refractivity contribution in [3.05, 3.63) is 30.0 Å². The van der Waals surface area contributed by atoms with Crippen molar-refractivity contribution in [3.63, 3.8) is 0 Å². The van der Waals surface area contributed by atoms with Gasteiger partial charge in [-0.1, -0.05) is 66.7 Å². The number of hydrogen-bond acceptors (Lipinski definition) is 1. The summed E-state index contributed by atoms with van der Waals surface area (Å²) in [5.41, 5.74) is 5.90. The molecule has 1 aliphatic rings. The van der Waals surface area contributed by atoms with Gasteiger partial charge in [-0.2, -0.15) is 0 Å². The van der Waals surface area contributed by atoms with Crippen LogP contribution in [0.25, 0.3) is 0 Å². The third kappa shape index (κ3) is 9.61. The Kier molecular flexibility index (Phi) is 10.2. The fraction of sp³-hybridized carbons (Fsp3) is 0.727. The summed E-state index contributed by atoms with van der Waals surface area (Å²) in [5.74, 6) is 0.883. The second kappa shape index (κ2) is 10.7. The molecule has 0 amide bonds. The van der Waals surface area contributed by atoms with Crippen molar-refractivity contribution in [2.24, 2.45) is 17.3 Å². The van der Waals surface area contributed by atoms with E-state index < -0.39 is 0 Å². The second-order valence-electron chi connectivity index (χ2n) is 8.31. The molecule has 0 spiro atoms. The molecule has 1 rings (SSSR count). The fourth-order valence-electron chi connectivity index (χ4n) is 2.77. The van der Waals surface area contributed by atoms with E-state index >= 15 is 0 Å². The molecule has 0 radical (unpaired) electrons. The molecular weight excluding hydrogens is 280 g/mol. The molecule has 0 bridgehead atoms. The molecule has 1 heteroatoms. The maximum Gasteiger partial charge on any atom is 0.141 e. The number of unbranched alkanes of at least 4 members (excludes halogenated alkanes) is 1. The Bertz CT molecular complexity index is 423. The molecule has 1 fully saturated rings. The number of carbonyl (C=O) groups excluding carboxylic acids is 1. The van der Waals surface area contributed by atoms with E-state index in [1.807, 2.05) is 0 Å². The van der Waals surface area contributed by atoms with Crippen LogP contribution in [0.2, 0.25) is 0 Å². The predicted molar refractivity (Wildman–Crippen MR) is 103 cm³/mol. The maximum absolute atomic E-state index is 12.3. The Hall–Kier alpha value is -1.07. The van der Waals surface area contributed by atoms with Crippen molar-refractivity contribution in [2.45, 2.75) is 86.5 Å². The van der Waals surface area contributed by atoms with Crippen molar-refractivity contribution in [3.8, 4) is 0 Å². The highest BCUT2D eigenvalue weighted by atomic mass is 16.1. The van der Waals surface area contributed by atoms with Gasteiger partial charge in [0.2, 0.25) is 0 Å². The molecule has 0 saturated heterocycles. The summed E-state index contributed by atoms with van der Waals surface area (Å²) >= 11 is 0. The van der Waals surface area contributed by atoms with E-state index in [2.05, 4.69) is 60.4 Å². The van der Waals surface area contributed by atoms with Gasteiger partial charge in [0.25, 0.3) is 0 Å². The fourth-order valence-corrected chi connectivity index (χ4v) is 2.77. The number of Topliss-reactive ketones (excluding diaryl/α,β-unsaturated/α-hetero) is 1. The summed E-state index contributed by atoms with van der Waals surface area (Å²) in [6.07, 6.45) is 6.99. The minimum atomic E-state index is 0.0926. The molecule has 0 aromatic carbocycles. The first kappa shape index (κ1) is 21.9. The van der Waals surface area contributed by atoms with Crippen molar-refractivity contribution in [1.82, 2.24) is 0 Å². The molecule has 2 atom stereocenters. The molecular formula is C22H38O. The largest absolute Gasteiger partial charge is 0.299 e. The molecule has 1 nitrogen and oxygen atoms in total. The monoisotopic (exact) mass is 318 g/mol. The Morgan fingerprint density at radius 1 is 1.22 bits per heavy atom. The van der Waals surface area contributed by atoms with Crippen LogP contribution in [0.3, 0.4) is 0 Å². The average Bonchev–Trinajstić information content (AvgIpc) is 2.46. The van der Waals surface area contributed by atoms with Gasteiger partial charge in [-0.3, -0.25) is 4.79 Å². The van der Waals surface area contributed by atoms with Gasteiger partial charge < -0.3 is 0 Å². The molecule has 132 valence electrons. The third-order valence-corrected chi connectivity index (χ3v) is 4.12. The first-order valence-electron chi connectivity index (χ1n) is 9.23. The van der Waals surface area contributed by atoms with Crippen LogP contribution in [-0.2, 0) is 4.79 Å². The summed E-state index contributed by atoms with van der Waals surface area (Å²) < 4.78 is 0. The SMILES string of the molecule is C=C=C(CCCC)C1CCC(C(=C)CC)CC1=O.CC(C)(C)C. The Labute approximate surface area is 144 Å². The highest BCUT2D eigenvalue weighted by Gasteiger charge is 2.31. The second-order valence-corrected chi connectivity index (χ2v) is 8.31. The molecule has 0 N–H and O–H groups in total. The molecule has 1 saturated carbocycles. The van der Waals surface area contributed by atoms with Crippen LogP contribution in [0.1, 0.15) is 86.5 Å². The predicted octanol–water partition coefficient (Wildman–Crippen LogP) is 6.89. The van der Waals surface area contributed by atoms with Crippen LogP contribution >= 0.6 is 0 Å². The first-order valence-corrected chi connectivity index (χ1v) is 9.23. The normalized spacial score (nSPS) is 21.0. The zero-order valence-corrected chi connectivity index (χ0v) is 16.4. The summed E-state index contributed by atoms with van der Waals surface area (Å²) in [6.45, 7) is 20.9. The topological polar surface area (TPSA) is 17.1 Å². The van der Waals surface area contributed by atoms with Crippen molar-refractivity contribution < 1.29 is 4.79 Å². The van der Waals surface area contributed by atoms with Crippen molar-refractivity contribution >= 4 is 5.78 Å². The quantitative estimate of drug-likeness (QED) is 0.385. The maximum atomic E-state index is 12.3. The molecule has 23 heavy (non-hydrogen) atoms. The van der Waals surface area contributed by atoms with Gasteiger partial charge in [0.15, 0.2) is 0 Å². The zero-order chi connectivity index (χ0) is 18.0. The van der Waals surface area contributed by atoms with Gasteiger partial charge >= 0.3 is 0 Å². The molecule has 2 unspecified atom stereocenters. The van der Waals surface area contributed by atoms with Crippen molar-refractivity contribution in [2.75, 3.05) is 0 Å². The molecule has 0 heterocycles. The number of ketones is 1. The van der Waals surface area contributed by atoms with Gasteiger partial charge in [0, 0.05) is 12.3 Å². The summed E-state index contributed by atoms with van der Waals surface area (Å²) in [4.78, 5) is 12.3. The number of carbonyl (C=O) groups is 1. The van der Waals surface area contributed by atoms with Gasteiger partial charge in [0.1, 0.15) is 5.78 Å². The van der Waals surface area contributed by atoms with Crippen LogP contribution in [0.5, 0.6) is 0 Å². The van der Waals surface area contributed by atoms with Crippen LogP contribution in [0.4, 0.5) is 0 Å². The smallest absolute Gasteiger partial charge is 0.141 e. The number of hydrogen-bond donors (Lipinski definition) is 0. The van der Waals surface area contributed by atoms with E-state index in [-0.39, 0.29) is 5.92 Å². The number of rotatable bonds is 6. The van der Waals surface area contributed by atoms with Crippen LogP contribution < -0.4 is 0 Å². The third-order valence-electron chi connectivity index (χ3n) is 4.12. The Morgan fingerprint density at radius 2 is 1.78 bits per heavy atom.